The maximum absolute atomic E-state index is 13.9. The molecular formula is C30H30N2O5S. The summed E-state index contributed by atoms with van der Waals surface area (Å²) >= 11 is 1.21. The average molecular weight is 531 g/mol. The van der Waals surface area contributed by atoms with Gasteiger partial charge in [-0.1, -0.05) is 31.2 Å². The molecule has 3 aromatic heterocycles. The Morgan fingerprint density at radius 2 is 1.79 bits per heavy atom. The molecule has 1 unspecified atom stereocenters. The van der Waals surface area contributed by atoms with Gasteiger partial charge in [-0.3, -0.25) is 9.78 Å². The van der Waals surface area contributed by atoms with Crippen LogP contribution in [0.5, 0.6) is 0 Å². The summed E-state index contributed by atoms with van der Waals surface area (Å²) in [7, 11) is 0. The van der Waals surface area contributed by atoms with Gasteiger partial charge in [0.05, 0.1) is 18.3 Å². The Hall–Kier alpha value is -3.49. The molecule has 1 saturated carbocycles. The average Bonchev–Trinajstić information content (AvgIpc) is 3.69. The molecule has 4 aromatic rings. The van der Waals surface area contributed by atoms with Crippen molar-refractivity contribution in [3.05, 3.63) is 59.6 Å². The van der Waals surface area contributed by atoms with E-state index in [1.807, 2.05) is 48.5 Å². The van der Waals surface area contributed by atoms with Gasteiger partial charge in [-0.15, -0.1) is 11.3 Å². The van der Waals surface area contributed by atoms with Crippen LogP contribution in [0.1, 0.15) is 48.7 Å². The summed E-state index contributed by atoms with van der Waals surface area (Å²) in [5.41, 5.74) is 3.82. The van der Waals surface area contributed by atoms with Crippen LogP contribution in [0.4, 0.5) is 5.69 Å². The van der Waals surface area contributed by atoms with Crippen molar-refractivity contribution in [3.63, 3.8) is 0 Å². The Morgan fingerprint density at radius 3 is 2.47 bits per heavy atom. The fourth-order valence-electron chi connectivity index (χ4n) is 5.59. The minimum atomic E-state index is -1.02. The van der Waals surface area contributed by atoms with Crippen molar-refractivity contribution in [2.24, 2.45) is 11.8 Å². The number of aromatic nitrogens is 1. The van der Waals surface area contributed by atoms with Crippen LogP contribution in [0, 0.1) is 11.8 Å². The number of ether oxygens (including phenoxy) is 1. The minimum Gasteiger partial charge on any atom is -0.477 e. The number of fused-ring (bicyclic) bond motifs is 1. The molecule has 1 saturated heterocycles. The molecule has 8 heteroatoms. The molecule has 1 amide bonds. The third-order valence-corrected chi connectivity index (χ3v) is 8.94. The maximum atomic E-state index is 13.9. The van der Waals surface area contributed by atoms with Gasteiger partial charge in [0.2, 0.25) is 5.91 Å². The lowest BCUT2D eigenvalue weighted by atomic mass is 9.82. The molecule has 6 rings (SSSR count). The van der Waals surface area contributed by atoms with Gasteiger partial charge in [0.25, 0.3) is 0 Å². The van der Waals surface area contributed by atoms with Crippen molar-refractivity contribution in [2.75, 3.05) is 18.1 Å². The monoisotopic (exact) mass is 530 g/mol. The minimum absolute atomic E-state index is 0.0353. The number of carbonyl (C=O) groups excluding carboxylic acids is 1. The van der Waals surface area contributed by atoms with Gasteiger partial charge in [-0.25, -0.2) is 4.79 Å². The zero-order chi connectivity index (χ0) is 26.2. The second kappa shape index (κ2) is 10.3. The third kappa shape index (κ3) is 4.74. The number of amides is 1. The van der Waals surface area contributed by atoms with E-state index in [0.717, 1.165) is 58.5 Å². The number of carboxylic acid groups (broad SMARTS) is 1. The van der Waals surface area contributed by atoms with Crippen LogP contribution in [0.2, 0.25) is 0 Å². The number of carbonyl (C=O) groups is 2. The van der Waals surface area contributed by atoms with Gasteiger partial charge < -0.3 is 19.2 Å². The normalized spacial score (nSPS) is 21.6. The van der Waals surface area contributed by atoms with E-state index in [-0.39, 0.29) is 22.7 Å². The number of hydrogen-bond donors (Lipinski definition) is 1. The smallest absolute Gasteiger partial charge is 0.348 e. The van der Waals surface area contributed by atoms with E-state index in [0.29, 0.717) is 31.2 Å². The molecule has 38 heavy (non-hydrogen) atoms. The Morgan fingerprint density at radius 1 is 1.03 bits per heavy atom. The van der Waals surface area contributed by atoms with Crippen LogP contribution in [0.25, 0.3) is 32.9 Å². The number of carboxylic acids is 1. The zero-order valence-electron chi connectivity index (χ0n) is 21.3. The molecule has 4 heterocycles. The van der Waals surface area contributed by atoms with Crippen LogP contribution < -0.4 is 4.90 Å². The molecule has 1 aliphatic carbocycles. The van der Waals surface area contributed by atoms with Crippen molar-refractivity contribution in [3.8, 4) is 21.8 Å². The molecule has 2 fully saturated rings. The summed E-state index contributed by atoms with van der Waals surface area (Å²) < 4.78 is 11.6. The summed E-state index contributed by atoms with van der Waals surface area (Å²) in [5, 5.41) is 10.1. The van der Waals surface area contributed by atoms with Crippen molar-refractivity contribution in [1.29, 1.82) is 0 Å². The number of aromatic carboxylic acids is 1. The highest BCUT2D eigenvalue weighted by Crippen LogP contribution is 2.41. The van der Waals surface area contributed by atoms with E-state index >= 15 is 0 Å². The van der Waals surface area contributed by atoms with Crippen LogP contribution in [0.15, 0.2) is 59.1 Å². The summed E-state index contributed by atoms with van der Waals surface area (Å²) in [4.78, 5) is 33.3. The lowest BCUT2D eigenvalue weighted by molar-refractivity contribution is -0.124. The highest BCUT2D eigenvalue weighted by molar-refractivity contribution is 7.18. The number of anilines is 1. The topological polar surface area (TPSA) is 92.9 Å². The lowest BCUT2D eigenvalue weighted by Gasteiger charge is -2.34. The molecule has 1 atom stereocenters. The number of pyridine rings is 1. The molecule has 0 radical (unpaired) electrons. The van der Waals surface area contributed by atoms with Gasteiger partial charge in [-0.05, 0) is 61.8 Å². The molecule has 0 bridgehead atoms. The number of furan rings is 1. The van der Waals surface area contributed by atoms with Gasteiger partial charge >= 0.3 is 5.97 Å². The fraction of sp³-hybridized carbons (Fsp3) is 0.367. The molecule has 7 nitrogen and oxygen atoms in total. The van der Waals surface area contributed by atoms with E-state index in [1.165, 1.54) is 11.3 Å². The predicted molar refractivity (Wildman–Crippen MR) is 148 cm³/mol. The first-order valence-corrected chi connectivity index (χ1v) is 14.0. The largest absolute Gasteiger partial charge is 0.477 e. The SMILES string of the molecule is CC1CCC(C(=O)N(c2cc(-c3ccc(-c4cc5ncccc5o4)cc3)sc2C(=O)O)C2CCOC2)CC1. The molecule has 2 aliphatic rings. The molecule has 0 spiro atoms. The molecule has 196 valence electrons. The van der Waals surface area contributed by atoms with Gasteiger partial charge in [-0.2, -0.15) is 0 Å². The van der Waals surface area contributed by atoms with Crippen LogP contribution in [-0.4, -0.2) is 41.2 Å². The second-order valence-corrected chi connectivity index (χ2v) is 11.4. The van der Waals surface area contributed by atoms with E-state index in [1.54, 1.807) is 11.1 Å². The van der Waals surface area contributed by atoms with Crippen molar-refractivity contribution in [1.82, 2.24) is 4.98 Å². The van der Waals surface area contributed by atoms with E-state index in [9.17, 15) is 14.7 Å². The highest BCUT2D eigenvalue weighted by atomic mass is 32.1. The first kappa shape index (κ1) is 24.8. The molecule has 1 aliphatic heterocycles. The standard InChI is InChI=1S/C30H30N2O5S/c1-18-4-6-21(7-5-18)29(33)32(22-12-14-36-17-22)24-16-27(38-28(24)30(34)35)20-10-8-19(9-11-20)26-15-23-25(37-26)3-2-13-31-23/h2-3,8-11,13,15-16,18,21-22H,4-7,12,14,17H2,1H3,(H,34,35). The number of thiophene rings is 1. The quantitative estimate of drug-likeness (QED) is 0.292. The molecular weight excluding hydrogens is 500 g/mol. The van der Waals surface area contributed by atoms with Gasteiger partial charge in [0, 0.05) is 35.2 Å². The lowest BCUT2D eigenvalue weighted by Crippen LogP contribution is -2.45. The van der Waals surface area contributed by atoms with E-state index in [4.69, 9.17) is 9.15 Å². The maximum Gasteiger partial charge on any atom is 0.348 e. The van der Waals surface area contributed by atoms with Crippen molar-refractivity contribution < 1.29 is 23.8 Å². The Balaban J connectivity index is 1.33. The zero-order valence-corrected chi connectivity index (χ0v) is 22.1. The van der Waals surface area contributed by atoms with Gasteiger partial charge in [0.1, 0.15) is 16.2 Å². The van der Waals surface area contributed by atoms with Crippen LogP contribution >= 0.6 is 11.3 Å². The Labute approximate surface area is 225 Å². The molecule has 1 aromatic carbocycles. The number of hydrogen-bond acceptors (Lipinski definition) is 6. The fourth-order valence-corrected chi connectivity index (χ4v) is 6.58. The highest BCUT2D eigenvalue weighted by Gasteiger charge is 2.37. The number of rotatable bonds is 6. The second-order valence-electron chi connectivity index (χ2n) is 10.4. The predicted octanol–water partition coefficient (Wildman–Crippen LogP) is 6.87. The molecule has 1 N–H and O–H groups in total. The van der Waals surface area contributed by atoms with Crippen LogP contribution in [-0.2, 0) is 9.53 Å². The summed E-state index contributed by atoms with van der Waals surface area (Å²) in [6.07, 6.45) is 6.20. The Bertz CT molecular complexity index is 1430. The van der Waals surface area contributed by atoms with E-state index in [2.05, 4.69) is 11.9 Å². The number of nitrogens with zero attached hydrogens (tertiary/aromatic N) is 2. The summed E-state index contributed by atoms with van der Waals surface area (Å²) in [5.74, 6) is 0.297. The third-order valence-electron chi connectivity index (χ3n) is 7.78. The van der Waals surface area contributed by atoms with E-state index < -0.39 is 5.97 Å². The summed E-state index contributed by atoms with van der Waals surface area (Å²) in [6.45, 7) is 3.24. The van der Waals surface area contributed by atoms with Gasteiger partial charge in [0.15, 0.2) is 5.58 Å². The van der Waals surface area contributed by atoms with Crippen molar-refractivity contribution >= 4 is 40.0 Å². The summed E-state index contributed by atoms with van der Waals surface area (Å²) in [6, 6.07) is 15.2. The first-order valence-electron chi connectivity index (χ1n) is 13.2. The first-order chi connectivity index (χ1) is 18.5. The van der Waals surface area contributed by atoms with Crippen LogP contribution in [0.3, 0.4) is 0 Å². The Kier molecular flexibility index (Phi) is 6.76. The number of benzene rings is 1. The van der Waals surface area contributed by atoms with Crippen molar-refractivity contribution in [2.45, 2.75) is 45.1 Å².